The third kappa shape index (κ3) is 4.99. The zero-order valence-corrected chi connectivity index (χ0v) is 11.0. The van der Waals surface area contributed by atoms with E-state index in [2.05, 4.69) is 6.92 Å². The number of rotatable bonds is 8. The van der Waals surface area contributed by atoms with E-state index in [0.29, 0.717) is 6.54 Å². The molecule has 104 valence electrons. The molecular formula is C14H19NO4. The normalized spacial score (nSPS) is 10.2. The summed E-state index contributed by atoms with van der Waals surface area (Å²) in [4.78, 5) is 23.5. The molecule has 0 spiro atoms. The molecule has 0 aliphatic heterocycles. The molecule has 0 aliphatic carbocycles. The number of nitrogens with zero attached hydrogens (tertiary/aromatic N) is 1. The summed E-state index contributed by atoms with van der Waals surface area (Å²) in [5.41, 5.74) is 0.976. The molecule has 0 bridgehead atoms. The van der Waals surface area contributed by atoms with Crippen molar-refractivity contribution in [3.8, 4) is 0 Å². The van der Waals surface area contributed by atoms with Crippen LogP contribution in [0.5, 0.6) is 0 Å². The van der Waals surface area contributed by atoms with Crippen LogP contribution in [0.15, 0.2) is 24.3 Å². The molecule has 5 nitrogen and oxygen atoms in total. The minimum atomic E-state index is -0.976. The van der Waals surface area contributed by atoms with E-state index in [-0.39, 0.29) is 12.0 Å². The molecule has 0 saturated carbocycles. The maximum absolute atomic E-state index is 10.9. The molecule has 0 atom stereocenters. The van der Waals surface area contributed by atoms with Crippen molar-refractivity contribution in [2.45, 2.75) is 26.2 Å². The monoisotopic (exact) mass is 265 g/mol. The highest BCUT2D eigenvalue weighted by molar-refractivity contribution is 5.88. The quantitative estimate of drug-likeness (QED) is 0.755. The first-order chi connectivity index (χ1) is 9.04. The lowest BCUT2D eigenvalue weighted by Crippen LogP contribution is -2.27. The van der Waals surface area contributed by atoms with Crippen molar-refractivity contribution in [1.82, 2.24) is 0 Å². The largest absolute Gasteiger partial charge is 0.481 e. The van der Waals surface area contributed by atoms with Crippen molar-refractivity contribution in [3.05, 3.63) is 29.8 Å². The molecule has 0 radical (unpaired) electrons. The number of aliphatic carboxylic acids is 1. The van der Waals surface area contributed by atoms with E-state index >= 15 is 0 Å². The van der Waals surface area contributed by atoms with Gasteiger partial charge in [-0.2, -0.15) is 0 Å². The molecule has 1 rings (SSSR count). The van der Waals surface area contributed by atoms with Gasteiger partial charge in [0.15, 0.2) is 0 Å². The highest BCUT2D eigenvalue weighted by Crippen LogP contribution is 2.17. The van der Waals surface area contributed by atoms with E-state index in [1.165, 1.54) is 6.07 Å². The minimum Gasteiger partial charge on any atom is -0.481 e. The predicted molar refractivity (Wildman–Crippen MR) is 72.8 cm³/mol. The number of carboxylic acid groups (broad SMARTS) is 2. The van der Waals surface area contributed by atoms with Gasteiger partial charge in [0.1, 0.15) is 0 Å². The van der Waals surface area contributed by atoms with Gasteiger partial charge in [0, 0.05) is 18.8 Å². The second-order valence-electron chi connectivity index (χ2n) is 4.34. The summed E-state index contributed by atoms with van der Waals surface area (Å²) in [7, 11) is 0. The average Bonchev–Trinajstić information content (AvgIpc) is 2.38. The van der Waals surface area contributed by atoms with E-state index in [4.69, 9.17) is 10.2 Å². The summed E-state index contributed by atoms with van der Waals surface area (Å²) in [6.45, 7) is 3.17. The van der Waals surface area contributed by atoms with Gasteiger partial charge in [0.05, 0.1) is 12.0 Å². The van der Waals surface area contributed by atoms with E-state index in [1.54, 1.807) is 12.1 Å². The maximum Gasteiger partial charge on any atom is 0.335 e. The van der Waals surface area contributed by atoms with Crippen molar-refractivity contribution in [2.24, 2.45) is 0 Å². The van der Waals surface area contributed by atoms with Crippen molar-refractivity contribution in [2.75, 3.05) is 18.0 Å². The van der Waals surface area contributed by atoms with E-state index in [1.807, 2.05) is 11.0 Å². The average molecular weight is 265 g/mol. The second kappa shape index (κ2) is 7.41. The Morgan fingerprint density at radius 2 is 1.95 bits per heavy atom. The summed E-state index contributed by atoms with van der Waals surface area (Å²) < 4.78 is 0. The topological polar surface area (TPSA) is 77.8 Å². The van der Waals surface area contributed by atoms with Crippen molar-refractivity contribution < 1.29 is 19.8 Å². The summed E-state index contributed by atoms with van der Waals surface area (Å²) in [6, 6.07) is 6.60. The zero-order valence-electron chi connectivity index (χ0n) is 11.0. The van der Waals surface area contributed by atoms with Gasteiger partial charge in [-0.3, -0.25) is 4.79 Å². The summed E-state index contributed by atoms with van der Waals surface area (Å²) in [5.74, 6) is -1.83. The lowest BCUT2D eigenvalue weighted by molar-refractivity contribution is -0.136. The van der Waals surface area contributed by atoms with E-state index < -0.39 is 11.9 Å². The number of unbranched alkanes of at least 4 members (excludes halogenated alkanes) is 1. The highest BCUT2D eigenvalue weighted by atomic mass is 16.4. The van der Waals surface area contributed by atoms with E-state index in [0.717, 1.165) is 25.1 Å². The Labute approximate surface area is 112 Å². The molecule has 1 aromatic carbocycles. The van der Waals surface area contributed by atoms with Gasteiger partial charge in [-0.15, -0.1) is 0 Å². The molecule has 19 heavy (non-hydrogen) atoms. The highest BCUT2D eigenvalue weighted by Gasteiger charge is 2.10. The van der Waals surface area contributed by atoms with Crippen molar-refractivity contribution in [1.29, 1.82) is 0 Å². The van der Waals surface area contributed by atoms with Crippen molar-refractivity contribution in [3.63, 3.8) is 0 Å². The summed E-state index contributed by atoms with van der Waals surface area (Å²) in [6.07, 6.45) is 1.99. The lowest BCUT2D eigenvalue weighted by Gasteiger charge is -2.24. The summed E-state index contributed by atoms with van der Waals surface area (Å²) in [5, 5.41) is 17.7. The molecular weight excluding hydrogens is 246 g/mol. The standard InChI is InChI=1S/C14H19NO4/c1-2-3-8-15(9-7-13(16)17)12-6-4-5-11(10-12)14(18)19/h4-6,10H,2-3,7-9H2,1H3,(H,16,17)(H,18,19). The van der Waals surface area contributed by atoms with Gasteiger partial charge in [-0.05, 0) is 24.6 Å². The van der Waals surface area contributed by atoms with Crippen LogP contribution in [-0.2, 0) is 4.79 Å². The Hall–Kier alpha value is -2.04. The van der Waals surface area contributed by atoms with Crippen LogP contribution in [0.4, 0.5) is 5.69 Å². The fourth-order valence-corrected chi connectivity index (χ4v) is 1.79. The fraction of sp³-hybridized carbons (Fsp3) is 0.429. The first-order valence-electron chi connectivity index (χ1n) is 6.34. The number of aromatic carboxylic acids is 1. The third-order valence-electron chi connectivity index (χ3n) is 2.84. The van der Waals surface area contributed by atoms with Crippen molar-refractivity contribution >= 4 is 17.6 Å². The maximum atomic E-state index is 10.9. The number of benzene rings is 1. The Balaban J connectivity index is 2.85. The van der Waals surface area contributed by atoms with Crippen LogP contribution in [0.2, 0.25) is 0 Å². The number of carboxylic acids is 2. The van der Waals surface area contributed by atoms with Gasteiger partial charge in [0.25, 0.3) is 0 Å². The SMILES string of the molecule is CCCCN(CCC(=O)O)c1cccc(C(=O)O)c1. The Morgan fingerprint density at radius 1 is 1.21 bits per heavy atom. The minimum absolute atomic E-state index is 0.0427. The molecule has 2 N–H and O–H groups in total. The van der Waals surface area contributed by atoms with Crippen LogP contribution in [0.25, 0.3) is 0 Å². The Morgan fingerprint density at radius 3 is 2.53 bits per heavy atom. The molecule has 0 aliphatic rings. The number of carbonyl (C=O) groups is 2. The van der Waals surface area contributed by atoms with Crippen LogP contribution in [0.3, 0.4) is 0 Å². The molecule has 0 unspecified atom stereocenters. The van der Waals surface area contributed by atoms with Gasteiger partial charge >= 0.3 is 11.9 Å². The molecule has 0 amide bonds. The Bertz CT molecular complexity index is 445. The Kier molecular flexibility index (Phi) is 5.85. The fourth-order valence-electron chi connectivity index (χ4n) is 1.79. The lowest BCUT2D eigenvalue weighted by atomic mass is 10.1. The van der Waals surface area contributed by atoms with Gasteiger partial charge in [-0.25, -0.2) is 4.79 Å². The molecule has 0 aromatic heterocycles. The number of hydrogen-bond donors (Lipinski definition) is 2. The molecule has 0 fully saturated rings. The second-order valence-corrected chi connectivity index (χ2v) is 4.34. The van der Waals surface area contributed by atoms with Gasteiger partial charge in [0.2, 0.25) is 0 Å². The first-order valence-corrected chi connectivity index (χ1v) is 6.34. The number of anilines is 1. The molecule has 1 aromatic rings. The third-order valence-corrected chi connectivity index (χ3v) is 2.84. The smallest absolute Gasteiger partial charge is 0.335 e. The van der Waals surface area contributed by atoms with Crippen LogP contribution in [0.1, 0.15) is 36.5 Å². The number of hydrogen-bond acceptors (Lipinski definition) is 3. The van der Waals surface area contributed by atoms with Gasteiger partial charge < -0.3 is 15.1 Å². The predicted octanol–water partition coefficient (Wildman–Crippen LogP) is 2.47. The van der Waals surface area contributed by atoms with Crippen LogP contribution >= 0.6 is 0 Å². The van der Waals surface area contributed by atoms with Crippen LogP contribution in [0, 0.1) is 0 Å². The van der Waals surface area contributed by atoms with Gasteiger partial charge in [-0.1, -0.05) is 19.4 Å². The molecule has 0 saturated heterocycles. The van der Waals surface area contributed by atoms with Crippen LogP contribution in [-0.4, -0.2) is 35.2 Å². The first kappa shape index (κ1) is 15.0. The zero-order chi connectivity index (χ0) is 14.3. The van der Waals surface area contributed by atoms with Crippen LogP contribution < -0.4 is 4.90 Å². The summed E-state index contributed by atoms with van der Waals surface area (Å²) >= 11 is 0. The molecule has 5 heteroatoms. The van der Waals surface area contributed by atoms with E-state index in [9.17, 15) is 9.59 Å². The molecule has 0 heterocycles.